The number of nitrogens with zero attached hydrogens (tertiary/aromatic N) is 21. The Bertz CT molecular complexity index is 5920. The van der Waals surface area contributed by atoms with Gasteiger partial charge in [0.2, 0.25) is 17.6 Å². The van der Waals surface area contributed by atoms with E-state index in [0.717, 1.165) is 137 Å². The summed E-state index contributed by atoms with van der Waals surface area (Å²) in [5.74, 6) is 5.55. The maximum atomic E-state index is 13.0. The number of ether oxygens (including phenoxy) is 6. The van der Waals surface area contributed by atoms with Crippen LogP contribution in [0.4, 0.5) is 39.4 Å². The lowest BCUT2D eigenvalue weighted by molar-refractivity contribution is -0.0501. The molecule has 115 heavy (non-hydrogen) atoms. The maximum Gasteiger partial charge on any atom is 0.387 e. The van der Waals surface area contributed by atoms with Crippen LogP contribution < -0.4 is 43.1 Å². The molecule has 24 rings (SSSR count). The number of fused-ring (bicyclic) bond motifs is 15. The molecule has 9 aliphatic rings. The van der Waals surface area contributed by atoms with Crippen molar-refractivity contribution in [1.29, 1.82) is 0 Å². The Morgan fingerprint density at radius 2 is 0.757 bits per heavy atom. The average molecular weight is 1570 g/mol. The summed E-state index contributed by atoms with van der Waals surface area (Å²) in [6.45, 7) is 3.96. The van der Waals surface area contributed by atoms with Gasteiger partial charge in [-0.25, -0.2) is 56.6 Å². The van der Waals surface area contributed by atoms with Gasteiger partial charge in [0.1, 0.15) is 54.6 Å². The molecule has 15 aromatic heterocycles. The van der Waals surface area contributed by atoms with E-state index in [1.165, 1.54) is 46.7 Å². The second kappa shape index (κ2) is 30.6. The SMILES string of the molecule is COc1ccc(CN2C3CC2CN(c2ccc(-c4cc(OC(F)F)cn5nc6[nH]ncc6c45)cn2)C3)cn1.COc1ccc(CN2C3CC2CN(c2ccc(-c4cc(OCC(F)F)cn5nc6[nH]ncc6c45)cn2)C3)cn1.COc1ccc(CN2C3CC2CN(c2ccc(-c4cc(OCCF)cn5nc6[nH]ncc6c45)cn2)C3)cn1. The molecular formula is C80H77F5N24O6. The monoisotopic (exact) mass is 1560 g/mol. The predicted octanol–water partition coefficient (Wildman–Crippen LogP) is 11.0. The van der Waals surface area contributed by atoms with Crippen LogP contribution in [-0.2, 0) is 19.6 Å². The van der Waals surface area contributed by atoms with Gasteiger partial charge < -0.3 is 43.1 Å². The molecule has 0 spiro atoms. The van der Waals surface area contributed by atoms with E-state index in [2.05, 4.69) is 121 Å². The molecule has 6 unspecified atom stereocenters. The van der Waals surface area contributed by atoms with Gasteiger partial charge in [0, 0.05) is 184 Å². The van der Waals surface area contributed by atoms with Crippen LogP contribution in [0.3, 0.4) is 0 Å². The Kier molecular flexibility index (Phi) is 19.2. The molecule has 30 nitrogen and oxygen atoms in total. The average Bonchev–Trinajstić information content (AvgIpc) is 1.04. The molecule has 9 saturated heterocycles. The van der Waals surface area contributed by atoms with Crippen molar-refractivity contribution in [3.63, 3.8) is 0 Å². The van der Waals surface area contributed by atoms with Crippen molar-refractivity contribution >= 4 is 67.1 Å². The minimum absolute atomic E-state index is 0.00782. The number of piperazine rings is 3. The topological polar surface area (TPSA) is 290 Å². The Morgan fingerprint density at radius 3 is 1.06 bits per heavy atom. The van der Waals surface area contributed by atoms with Gasteiger partial charge in [-0.05, 0) is 90.6 Å². The first-order chi connectivity index (χ1) is 56.3. The van der Waals surface area contributed by atoms with E-state index in [1.807, 2.05) is 79.5 Å². The van der Waals surface area contributed by atoms with E-state index < -0.39 is 26.3 Å². The van der Waals surface area contributed by atoms with Crippen molar-refractivity contribution in [2.75, 3.05) is 95.2 Å². The quantitative estimate of drug-likeness (QED) is 0.0501. The van der Waals surface area contributed by atoms with Crippen LogP contribution in [0.5, 0.6) is 34.9 Å². The van der Waals surface area contributed by atoms with E-state index >= 15 is 0 Å². The minimum atomic E-state index is -2.94. The number of rotatable bonds is 23. The fraction of sp³-hybridized carbons (Fsp3) is 0.325. The fourth-order valence-electron chi connectivity index (χ4n) is 17.0. The standard InChI is InChI=1S/C27H26F2N8O2.C27H27FN8O2.C26H24F2N8O2/c1-38-25-5-2-16(8-31-25)11-36-18-6-19(36)13-35(12-18)24-4-3-17(9-30-24)21-7-20(39-15-23(28)29)14-37-26(21)22-10-32-33-27(22)34-37;1-37-25-5-2-17(10-30-25)13-35-19-8-20(35)15-34(14-19)24-4-3-18(11-29-24)22-9-21(38-7-6-28)16-36-26(22)23-12-31-32-27(23)33-36;1-37-23-5-2-15(8-30-23)11-35-17-6-18(35)13-34(12-17)22-4-3-16(9-29-22)20-7-19(38-26(27)28)14-36-24(20)21-10-31-32-25(21)33-36/h2-5,7-10,14,18-19,23H,6,11-13,15H2,1H3,(H,33,34);2-5,9-12,16,19-20H,6-8,13-15H2,1H3,(H,32,33);2-5,7-10,14,17-18,26H,6,11-13H2,1H3,(H,32,33). The van der Waals surface area contributed by atoms with Crippen molar-refractivity contribution in [1.82, 2.24) is 104 Å². The number of methoxy groups -OCH3 is 3. The fourth-order valence-corrected chi connectivity index (χ4v) is 17.0. The highest BCUT2D eigenvalue weighted by Gasteiger charge is 2.47. The zero-order chi connectivity index (χ0) is 78.0. The predicted molar refractivity (Wildman–Crippen MR) is 416 cm³/mol. The molecule has 3 N–H and O–H groups in total. The summed E-state index contributed by atoms with van der Waals surface area (Å²) in [6, 6.07) is 32.2. The summed E-state index contributed by atoms with van der Waals surface area (Å²) >= 11 is 0. The first kappa shape index (κ1) is 72.4. The molecule has 0 saturated carbocycles. The molecule has 588 valence electrons. The summed E-state index contributed by atoms with van der Waals surface area (Å²) in [5.41, 5.74) is 12.8. The number of halogens is 5. The van der Waals surface area contributed by atoms with Crippen LogP contribution in [0, 0.1) is 0 Å². The molecule has 9 aliphatic heterocycles. The number of H-pyrrole nitrogens is 3. The highest BCUT2D eigenvalue weighted by atomic mass is 19.3. The Balaban J connectivity index is 0.000000115. The molecule has 6 atom stereocenters. The zero-order valence-electron chi connectivity index (χ0n) is 62.5. The van der Waals surface area contributed by atoms with E-state index in [1.54, 1.807) is 79.7 Å². The molecule has 0 aliphatic carbocycles. The van der Waals surface area contributed by atoms with E-state index in [4.69, 9.17) is 43.4 Å². The van der Waals surface area contributed by atoms with Crippen molar-refractivity contribution in [2.24, 2.45) is 0 Å². The molecule has 9 fully saturated rings. The van der Waals surface area contributed by atoms with Gasteiger partial charge in [-0.15, -0.1) is 15.3 Å². The largest absolute Gasteiger partial charge is 0.489 e. The van der Waals surface area contributed by atoms with Crippen molar-refractivity contribution in [3.8, 4) is 68.3 Å². The van der Waals surface area contributed by atoms with Crippen LogP contribution in [0.25, 0.3) is 83.0 Å². The molecule has 0 amide bonds. The Labute approximate surface area is 652 Å². The molecule has 0 aromatic carbocycles. The van der Waals surface area contributed by atoms with Gasteiger partial charge >= 0.3 is 6.61 Å². The normalized spacial score (nSPS) is 19.2. The molecular weight excluding hydrogens is 1490 g/mol. The number of aromatic nitrogens is 18. The Hall–Kier alpha value is -12.9. The summed E-state index contributed by atoms with van der Waals surface area (Å²) < 4.78 is 100. The number of alkyl halides is 5. The summed E-state index contributed by atoms with van der Waals surface area (Å²) in [7, 11) is 4.87. The third-order valence-electron chi connectivity index (χ3n) is 22.6. The van der Waals surface area contributed by atoms with Crippen LogP contribution >= 0.6 is 0 Å². The van der Waals surface area contributed by atoms with Gasteiger partial charge in [-0.3, -0.25) is 30.0 Å². The van der Waals surface area contributed by atoms with Crippen LogP contribution in [0.2, 0.25) is 0 Å². The summed E-state index contributed by atoms with van der Waals surface area (Å²) in [5, 5.41) is 36.9. The number of anilines is 3. The van der Waals surface area contributed by atoms with Crippen LogP contribution in [0.15, 0.2) is 165 Å². The third kappa shape index (κ3) is 14.2. The smallest absolute Gasteiger partial charge is 0.387 e. The molecule has 15 aromatic rings. The lowest BCUT2D eigenvalue weighted by atomic mass is 9.87. The van der Waals surface area contributed by atoms with E-state index in [0.29, 0.717) is 87.9 Å². The van der Waals surface area contributed by atoms with Crippen LogP contribution in [-0.4, -0.2) is 234 Å². The van der Waals surface area contributed by atoms with E-state index in [9.17, 15) is 22.0 Å². The van der Waals surface area contributed by atoms with Gasteiger partial charge in [0.25, 0.3) is 6.43 Å². The number of hydrogen-bond donors (Lipinski definition) is 3. The van der Waals surface area contributed by atoms with Crippen molar-refractivity contribution in [3.05, 3.63) is 182 Å². The van der Waals surface area contributed by atoms with Gasteiger partial charge in [-0.1, -0.05) is 18.2 Å². The van der Waals surface area contributed by atoms with Crippen molar-refractivity contribution in [2.45, 2.75) is 88.2 Å². The number of piperidine rings is 3. The van der Waals surface area contributed by atoms with Crippen LogP contribution in [0.1, 0.15) is 36.0 Å². The molecule has 0 radical (unpaired) electrons. The van der Waals surface area contributed by atoms with Crippen molar-refractivity contribution < 1.29 is 50.4 Å². The summed E-state index contributed by atoms with van der Waals surface area (Å²) in [4.78, 5) is 42.0. The number of nitrogens with one attached hydrogen (secondary N) is 3. The van der Waals surface area contributed by atoms with Gasteiger partial charge in [-0.2, -0.15) is 24.1 Å². The molecule has 6 bridgehead atoms. The number of aromatic amines is 3. The Morgan fingerprint density at radius 1 is 0.409 bits per heavy atom. The lowest BCUT2D eigenvalue weighted by Gasteiger charge is -2.56. The molecule has 24 heterocycles. The minimum Gasteiger partial charge on any atom is -0.489 e. The second-order valence-corrected chi connectivity index (χ2v) is 29.4. The first-order valence-electron chi connectivity index (χ1n) is 37.8. The molecule has 35 heteroatoms. The highest BCUT2D eigenvalue weighted by molar-refractivity contribution is 6.03. The second-order valence-electron chi connectivity index (χ2n) is 29.4. The maximum absolute atomic E-state index is 13.0. The zero-order valence-corrected chi connectivity index (χ0v) is 62.5. The van der Waals surface area contributed by atoms with Gasteiger partial charge in [0.15, 0.2) is 16.9 Å². The number of hydrogen-bond acceptors (Lipinski definition) is 24. The van der Waals surface area contributed by atoms with E-state index in [-0.39, 0.29) is 12.4 Å². The lowest BCUT2D eigenvalue weighted by Crippen LogP contribution is -2.68. The number of pyridine rings is 9. The summed E-state index contributed by atoms with van der Waals surface area (Å²) in [6.07, 6.45) is 22.1. The first-order valence-corrected chi connectivity index (χ1v) is 37.8. The highest BCUT2D eigenvalue weighted by Crippen LogP contribution is 2.43. The van der Waals surface area contributed by atoms with Gasteiger partial charge in [0.05, 0.1) is 91.2 Å². The third-order valence-corrected chi connectivity index (χ3v) is 22.6.